The molecule has 0 heterocycles. The van der Waals surface area contributed by atoms with Crippen LogP contribution in [0.2, 0.25) is 5.02 Å². The molecule has 1 aromatic rings. The van der Waals surface area contributed by atoms with Gasteiger partial charge < -0.3 is 4.74 Å². The lowest BCUT2D eigenvalue weighted by Gasteiger charge is -2.19. The van der Waals surface area contributed by atoms with Gasteiger partial charge in [-0.05, 0) is 52.0 Å². The molecule has 0 unspecified atom stereocenters. The second-order valence-corrected chi connectivity index (χ2v) is 5.40. The van der Waals surface area contributed by atoms with Crippen molar-refractivity contribution in [2.75, 3.05) is 0 Å². The van der Waals surface area contributed by atoms with E-state index in [0.717, 1.165) is 5.56 Å². The average Bonchev–Trinajstić information content (AvgIpc) is 2.30. The summed E-state index contributed by atoms with van der Waals surface area (Å²) in [7, 11) is 0. The topological polar surface area (TPSA) is 26.3 Å². The van der Waals surface area contributed by atoms with E-state index in [-0.39, 0.29) is 0 Å². The van der Waals surface area contributed by atoms with Gasteiger partial charge in [0.1, 0.15) is 11.2 Å². The summed E-state index contributed by atoms with van der Waals surface area (Å²) in [4.78, 5) is 11.9. The molecule has 0 aliphatic rings. The Bertz CT molecular complexity index is 537. The van der Waals surface area contributed by atoms with Gasteiger partial charge in [0, 0.05) is 10.6 Å². The molecule has 0 bridgehead atoms. The Morgan fingerprint density at radius 1 is 1.26 bits per heavy atom. The number of rotatable bonds is 1. The van der Waals surface area contributed by atoms with Crippen LogP contribution in [0.1, 0.15) is 33.3 Å². The van der Waals surface area contributed by atoms with Crippen LogP contribution in [0.25, 0.3) is 0 Å². The molecule has 2 nitrogen and oxygen atoms in total. The van der Waals surface area contributed by atoms with Crippen molar-refractivity contribution in [3.05, 3.63) is 46.5 Å². The number of hydrogen-bond donors (Lipinski definition) is 0. The van der Waals surface area contributed by atoms with Crippen LogP contribution >= 0.6 is 11.6 Å². The number of ether oxygens (including phenoxy) is 1. The summed E-state index contributed by atoms with van der Waals surface area (Å²) in [5, 5.41) is 0.656. The Balaban J connectivity index is 2.84. The highest BCUT2D eigenvalue weighted by Crippen LogP contribution is 2.11. The average molecular weight is 277 g/mol. The van der Waals surface area contributed by atoms with E-state index in [2.05, 4.69) is 11.8 Å². The number of esters is 1. The Morgan fingerprint density at radius 3 is 2.32 bits per heavy atom. The van der Waals surface area contributed by atoms with Gasteiger partial charge in [0.15, 0.2) is 0 Å². The first kappa shape index (κ1) is 15.3. The van der Waals surface area contributed by atoms with Crippen molar-refractivity contribution in [2.45, 2.75) is 33.3 Å². The molecule has 0 radical (unpaired) electrons. The lowest BCUT2D eigenvalue weighted by Crippen LogP contribution is -2.24. The largest absolute Gasteiger partial charge is 0.456 e. The van der Waals surface area contributed by atoms with Gasteiger partial charge in [0.25, 0.3) is 0 Å². The maximum atomic E-state index is 11.9. The minimum Gasteiger partial charge on any atom is -0.456 e. The minimum atomic E-state index is -0.521. The molecular formula is C16H17ClO2. The highest BCUT2D eigenvalue weighted by Gasteiger charge is 2.18. The smallest absolute Gasteiger partial charge is 0.346 e. The second kappa shape index (κ2) is 6.45. The van der Waals surface area contributed by atoms with Crippen LogP contribution in [0.4, 0.5) is 0 Å². The summed E-state index contributed by atoms with van der Waals surface area (Å²) in [5.41, 5.74) is 0.630. The maximum absolute atomic E-state index is 11.9. The third-order valence-corrected chi connectivity index (χ3v) is 2.35. The Morgan fingerprint density at radius 2 is 1.84 bits per heavy atom. The first-order valence-electron chi connectivity index (χ1n) is 5.99. The number of carbonyl (C=O) groups excluding carboxylic acids is 1. The summed E-state index contributed by atoms with van der Waals surface area (Å²) >= 11 is 5.79. The molecule has 1 aromatic carbocycles. The van der Waals surface area contributed by atoms with Crippen molar-refractivity contribution in [1.82, 2.24) is 0 Å². The van der Waals surface area contributed by atoms with Crippen LogP contribution in [0.5, 0.6) is 0 Å². The zero-order valence-electron chi connectivity index (χ0n) is 11.6. The molecule has 0 atom stereocenters. The first-order chi connectivity index (χ1) is 8.81. The third-order valence-electron chi connectivity index (χ3n) is 2.09. The number of allylic oxidation sites excluding steroid dienone is 1. The maximum Gasteiger partial charge on any atom is 0.346 e. The molecular weight excluding hydrogens is 260 g/mol. The molecule has 0 N–H and O–H groups in total. The number of hydrogen-bond acceptors (Lipinski definition) is 2. The minimum absolute atomic E-state index is 0.352. The standard InChI is InChI=1S/C16H17ClO2/c1-5-13(15(18)19-16(2,3)4)9-6-12-7-10-14(17)11-8-12/h5,7-8,10-11H,1-4H3/b13-5-. The molecule has 100 valence electrons. The van der Waals surface area contributed by atoms with Gasteiger partial charge in [-0.25, -0.2) is 4.79 Å². The Kier molecular flexibility index (Phi) is 5.20. The number of halogens is 1. The van der Waals surface area contributed by atoms with Gasteiger partial charge in [0.2, 0.25) is 0 Å². The summed E-state index contributed by atoms with van der Waals surface area (Å²) in [6, 6.07) is 7.12. The van der Waals surface area contributed by atoms with E-state index < -0.39 is 11.6 Å². The highest BCUT2D eigenvalue weighted by molar-refractivity contribution is 6.30. The monoisotopic (exact) mass is 276 g/mol. The SMILES string of the molecule is C/C=C(/C#Cc1ccc(Cl)cc1)C(=O)OC(C)(C)C. The van der Waals surface area contributed by atoms with Crippen molar-refractivity contribution < 1.29 is 9.53 Å². The molecule has 0 saturated heterocycles. The molecule has 0 aliphatic heterocycles. The van der Waals surface area contributed by atoms with Crippen molar-refractivity contribution in [3.8, 4) is 11.8 Å². The lowest BCUT2D eigenvalue weighted by atomic mass is 10.1. The van der Waals surface area contributed by atoms with Crippen LogP contribution in [0, 0.1) is 11.8 Å². The summed E-state index contributed by atoms with van der Waals surface area (Å²) in [6.07, 6.45) is 1.65. The van der Waals surface area contributed by atoms with E-state index in [0.29, 0.717) is 10.6 Å². The van der Waals surface area contributed by atoms with E-state index in [9.17, 15) is 4.79 Å². The van der Waals surface area contributed by atoms with Crippen LogP contribution in [-0.4, -0.2) is 11.6 Å². The zero-order valence-corrected chi connectivity index (χ0v) is 12.3. The fourth-order valence-corrected chi connectivity index (χ4v) is 1.37. The predicted octanol–water partition coefficient (Wildman–Crippen LogP) is 3.98. The molecule has 0 aromatic heterocycles. The van der Waals surface area contributed by atoms with E-state index in [1.54, 1.807) is 37.3 Å². The van der Waals surface area contributed by atoms with E-state index >= 15 is 0 Å². The normalized spacial score (nSPS) is 11.5. The van der Waals surface area contributed by atoms with E-state index in [4.69, 9.17) is 16.3 Å². The van der Waals surface area contributed by atoms with Crippen molar-refractivity contribution >= 4 is 17.6 Å². The number of benzene rings is 1. The Hall–Kier alpha value is -1.72. The lowest BCUT2D eigenvalue weighted by molar-refractivity contribution is -0.149. The molecule has 19 heavy (non-hydrogen) atoms. The van der Waals surface area contributed by atoms with Gasteiger partial charge >= 0.3 is 5.97 Å². The van der Waals surface area contributed by atoms with Crippen LogP contribution in [0.15, 0.2) is 35.9 Å². The van der Waals surface area contributed by atoms with Gasteiger partial charge in [-0.2, -0.15) is 0 Å². The highest BCUT2D eigenvalue weighted by atomic mass is 35.5. The zero-order chi connectivity index (χ0) is 14.5. The van der Waals surface area contributed by atoms with Crippen LogP contribution < -0.4 is 0 Å². The molecule has 0 fully saturated rings. The molecule has 0 amide bonds. The quantitative estimate of drug-likeness (QED) is 0.441. The van der Waals surface area contributed by atoms with Crippen molar-refractivity contribution in [2.24, 2.45) is 0 Å². The van der Waals surface area contributed by atoms with E-state index in [1.165, 1.54) is 0 Å². The fraction of sp³-hybridized carbons (Fsp3) is 0.312. The summed E-state index contributed by atoms with van der Waals surface area (Å²) in [6.45, 7) is 7.23. The van der Waals surface area contributed by atoms with Gasteiger partial charge in [-0.3, -0.25) is 0 Å². The van der Waals surface area contributed by atoms with Gasteiger partial charge in [0.05, 0.1) is 0 Å². The summed E-state index contributed by atoms with van der Waals surface area (Å²) < 4.78 is 5.27. The van der Waals surface area contributed by atoms with Crippen LogP contribution in [0.3, 0.4) is 0 Å². The first-order valence-corrected chi connectivity index (χ1v) is 6.37. The second-order valence-electron chi connectivity index (χ2n) is 4.96. The molecule has 0 aliphatic carbocycles. The summed E-state index contributed by atoms with van der Waals surface area (Å²) in [5.74, 6) is 5.33. The molecule has 3 heteroatoms. The van der Waals surface area contributed by atoms with Gasteiger partial charge in [-0.15, -0.1) is 0 Å². The molecule has 1 rings (SSSR count). The van der Waals surface area contributed by atoms with Crippen LogP contribution in [-0.2, 0) is 9.53 Å². The molecule has 0 saturated carbocycles. The number of carbonyl (C=O) groups is 1. The van der Waals surface area contributed by atoms with Crippen molar-refractivity contribution in [3.63, 3.8) is 0 Å². The van der Waals surface area contributed by atoms with Crippen molar-refractivity contribution in [1.29, 1.82) is 0 Å². The fourth-order valence-electron chi connectivity index (χ4n) is 1.25. The predicted molar refractivity (Wildman–Crippen MR) is 77.9 cm³/mol. The molecule has 0 spiro atoms. The third kappa shape index (κ3) is 5.63. The Labute approximate surface area is 119 Å². The van der Waals surface area contributed by atoms with E-state index in [1.807, 2.05) is 20.8 Å². The van der Waals surface area contributed by atoms with Gasteiger partial charge in [-0.1, -0.05) is 29.5 Å².